The van der Waals surface area contributed by atoms with Crippen LogP contribution in [0.3, 0.4) is 0 Å². The van der Waals surface area contributed by atoms with Gasteiger partial charge in [0.1, 0.15) is 5.82 Å². The third-order valence-electron chi connectivity index (χ3n) is 3.91. The molecule has 120 valence electrons. The summed E-state index contributed by atoms with van der Waals surface area (Å²) in [5.74, 6) is -0.290. The molecule has 5 nitrogen and oxygen atoms in total. The van der Waals surface area contributed by atoms with Crippen molar-refractivity contribution in [3.8, 4) is 0 Å². The van der Waals surface area contributed by atoms with Gasteiger partial charge in [0.15, 0.2) is 0 Å². The summed E-state index contributed by atoms with van der Waals surface area (Å²) in [6, 6.07) is 5.01. The van der Waals surface area contributed by atoms with Gasteiger partial charge in [-0.25, -0.2) is 9.82 Å². The summed E-state index contributed by atoms with van der Waals surface area (Å²) in [5, 5.41) is 4.02. The summed E-state index contributed by atoms with van der Waals surface area (Å²) in [7, 11) is 0. The van der Waals surface area contributed by atoms with E-state index in [0.717, 1.165) is 6.42 Å². The SMILES string of the molecule is CC1NNC(C)C1CCC(=O)N/N=C/c1c(F)cccc1Cl. The second kappa shape index (κ2) is 7.67. The Balaban J connectivity index is 1.82. The highest BCUT2D eigenvalue weighted by Gasteiger charge is 2.29. The molecular weight excluding hydrogens is 307 g/mol. The van der Waals surface area contributed by atoms with Crippen molar-refractivity contribution in [1.29, 1.82) is 0 Å². The normalized spacial score (nSPS) is 24.8. The minimum Gasteiger partial charge on any atom is -0.273 e. The van der Waals surface area contributed by atoms with Gasteiger partial charge in [-0.2, -0.15) is 5.10 Å². The molecule has 0 aliphatic carbocycles. The van der Waals surface area contributed by atoms with E-state index in [-0.39, 0.29) is 16.5 Å². The predicted octanol–water partition coefficient (Wildman–Crippen LogP) is 2.21. The van der Waals surface area contributed by atoms with E-state index >= 15 is 0 Å². The number of amides is 1. The number of nitrogens with one attached hydrogen (secondary N) is 3. The fraction of sp³-hybridized carbons (Fsp3) is 0.467. The third kappa shape index (κ3) is 4.25. The zero-order valence-electron chi connectivity index (χ0n) is 12.6. The van der Waals surface area contributed by atoms with Gasteiger partial charge in [-0.05, 0) is 38.3 Å². The summed E-state index contributed by atoms with van der Waals surface area (Å²) in [6.07, 6.45) is 2.34. The minimum absolute atomic E-state index is 0.163. The zero-order valence-corrected chi connectivity index (χ0v) is 13.3. The van der Waals surface area contributed by atoms with Crippen molar-refractivity contribution in [3.63, 3.8) is 0 Å². The highest BCUT2D eigenvalue weighted by molar-refractivity contribution is 6.33. The molecule has 7 heteroatoms. The van der Waals surface area contributed by atoms with Crippen molar-refractivity contribution in [1.82, 2.24) is 16.3 Å². The van der Waals surface area contributed by atoms with Crippen LogP contribution in [0.2, 0.25) is 5.02 Å². The van der Waals surface area contributed by atoms with Gasteiger partial charge in [0.25, 0.3) is 0 Å². The molecule has 0 spiro atoms. The van der Waals surface area contributed by atoms with Crippen LogP contribution in [-0.2, 0) is 4.79 Å². The van der Waals surface area contributed by atoms with Crippen LogP contribution in [0.15, 0.2) is 23.3 Å². The van der Waals surface area contributed by atoms with Crippen molar-refractivity contribution in [2.75, 3.05) is 0 Å². The highest BCUT2D eigenvalue weighted by atomic mass is 35.5. The Kier molecular flexibility index (Phi) is 5.88. The summed E-state index contributed by atoms with van der Waals surface area (Å²) in [5.41, 5.74) is 8.87. The fourth-order valence-electron chi connectivity index (χ4n) is 2.57. The van der Waals surface area contributed by atoms with Crippen LogP contribution in [0, 0.1) is 11.7 Å². The maximum absolute atomic E-state index is 13.5. The Morgan fingerprint density at radius 1 is 1.41 bits per heavy atom. The largest absolute Gasteiger partial charge is 0.273 e. The summed E-state index contributed by atoms with van der Waals surface area (Å²) >= 11 is 5.87. The first kappa shape index (κ1) is 16.9. The lowest BCUT2D eigenvalue weighted by Crippen LogP contribution is -2.30. The smallest absolute Gasteiger partial charge is 0.240 e. The van der Waals surface area contributed by atoms with Crippen LogP contribution < -0.4 is 16.3 Å². The lowest BCUT2D eigenvalue weighted by Gasteiger charge is -2.16. The maximum atomic E-state index is 13.5. The Hall–Kier alpha value is -1.50. The number of rotatable bonds is 5. The molecule has 1 aromatic carbocycles. The van der Waals surface area contributed by atoms with Crippen molar-refractivity contribution in [3.05, 3.63) is 34.6 Å². The Morgan fingerprint density at radius 2 is 2.09 bits per heavy atom. The predicted molar refractivity (Wildman–Crippen MR) is 85.1 cm³/mol. The van der Waals surface area contributed by atoms with Gasteiger partial charge in [0, 0.05) is 24.1 Å². The number of carbonyl (C=O) groups excluding carboxylic acids is 1. The molecule has 0 saturated carbocycles. The Morgan fingerprint density at radius 3 is 2.73 bits per heavy atom. The van der Waals surface area contributed by atoms with E-state index < -0.39 is 5.82 Å². The molecule has 0 bridgehead atoms. The number of hydrazine groups is 1. The van der Waals surface area contributed by atoms with Crippen LogP contribution in [-0.4, -0.2) is 24.2 Å². The molecule has 1 fully saturated rings. The third-order valence-corrected chi connectivity index (χ3v) is 4.24. The van der Waals surface area contributed by atoms with E-state index in [9.17, 15) is 9.18 Å². The number of benzene rings is 1. The van der Waals surface area contributed by atoms with Crippen molar-refractivity contribution >= 4 is 23.7 Å². The first-order valence-electron chi connectivity index (χ1n) is 7.26. The number of carbonyl (C=O) groups is 1. The Bertz CT molecular complexity index is 536. The van der Waals surface area contributed by atoms with E-state index in [1.54, 1.807) is 6.07 Å². The topological polar surface area (TPSA) is 65.5 Å². The zero-order chi connectivity index (χ0) is 16.1. The van der Waals surface area contributed by atoms with E-state index in [1.165, 1.54) is 18.3 Å². The van der Waals surface area contributed by atoms with Gasteiger partial charge >= 0.3 is 0 Å². The lowest BCUT2D eigenvalue weighted by molar-refractivity contribution is -0.121. The van der Waals surface area contributed by atoms with Crippen LogP contribution in [0.25, 0.3) is 0 Å². The lowest BCUT2D eigenvalue weighted by atomic mass is 9.91. The molecule has 1 heterocycles. The molecule has 1 aromatic rings. The highest BCUT2D eigenvalue weighted by Crippen LogP contribution is 2.20. The van der Waals surface area contributed by atoms with Crippen molar-refractivity contribution in [2.45, 2.75) is 38.8 Å². The first-order valence-corrected chi connectivity index (χ1v) is 7.64. The molecule has 1 aliphatic rings. The Labute approximate surface area is 134 Å². The van der Waals surface area contributed by atoms with Crippen LogP contribution in [0.5, 0.6) is 0 Å². The van der Waals surface area contributed by atoms with E-state index in [4.69, 9.17) is 11.6 Å². The fourth-order valence-corrected chi connectivity index (χ4v) is 2.78. The molecule has 0 radical (unpaired) electrons. The second-order valence-electron chi connectivity index (χ2n) is 5.50. The van der Waals surface area contributed by atoms with Crippen LogP contribution >= 0.6 is 11.6 Å². The van der Waals surface area contributed by atoms with E-state index in [1.807, 2.05) is 0 Å². The summed E-state index contributed by atoms with van der Waals surface area (Å²) in [6.45, 7) is 4.16. The molecule has 2 rings (SSSR count). The molecule has 22 heavy (non-hydrogen) atoms. The molecule has 1 amide bonds. The number of hydrazone groups is 1. The number of hydrogen-bond acceptors (Lipinski definition) is 4. The van der Waals surface area contributed by atoms with Crippen LogP contribution in [0.4, 0.5) is 4.39 Å². The molecule has 0 aromatic heterocycles. The summed E-state index contributed by atoms with van der Waals surface area (Å²) < 4.78 is 13.5. The van der Waals surface area contributed by atoms with Crippen molar-refractivity contribution in [2.24, 2.45) is 11.0 Å². The quantitative estimate of drug-likeness (QED) is 0.574. The van der Waals surface area contributed by atoms with Gasteiger partial charge in [0.05, 0.1) is 11.2 Å². The van der Waals surface area contributed by atoms with Crippen LogP contribution in [0.1, 0.15) is 32.3 Å². The molecule has 1 saturated heterocycles. The van der Waals surface area contributed by atoms with Gasteiger partial charge in [0.2, 0.25) is 5.91 Å². The molecule has 2 unspecified atom stereocenters. The van der Waals surface area contributed by atoms with Gasteiger partial charge in [-0.15, -0.1) is 0 Å². The number of nitrogens with zero attached hydrogens (tertiary/aromatic N) is 1. The van der Waals surface area contributed by atoms with Crippen molar-refractivity contribution < 1.29 is 9.18 Å². The van der Waals surface area contributed by atoms with E-state index in [2.05, 4.69) is 35.2 Å². The average Bonchev–Trinajstić information content (AvgIpc) is 2.79. The monoisotopic (exact) mass is 326 g/mol. The molecule has 1 aliphatic heterocycles. The van der Waals surface area contributed by atoms with Gasteiger partial charge in [-0.1, -0.05) is 17.7 Å². The van der Waals surface area contributed by atoms with Gasteiger partial charge in [-0.3, -0.25) is 15.6 Å². The first-order chi connectivity index (χ1) is 10.5. The maximum Gasteiger partial charge on any atom is 0.240 e. The second-order valence-corrected chi connectivity index (χ2v) is 5.90. The molecule has 2 atom stereocenters. The standard InChI is InChI=1S/C15H20ClFN4O/c1-9-11(10(2)20-19-9)6-7-15(22)21-18-8-12-13(16)4-3-5-14(12)17/h3-5,8-11,19-20H,6-7H2,1-2H3,(H,21,22)/b18-8+. The molecular formula is C15H20ClFN4O. The van der Waals surface area contributed by atoms with Gasteiger partial charge < -0.3 is 0 Å². The number of halogens is 2. The molecule has 3 N–H and O–H groups in total. The summed E-state index contributed by atoms with van der Waals surface area (Å²) in [4.78, 5) is 11.8. The number of hydrogen-bond donors (Lipinski definition) is 3. The average molecular weight is 327 g/mol. The minimum atomic E-state index is -0.476. The van der Waals surface area contributed by atoms with E-state index in [0.29, 0.717) is 24.4 Å².